The Balaban J connectivity index is 3.28. The topological polar surface area (TPSA) is 130 Å². The fraction of sp³-hybridized carbons (Fsp3) is 0.364. The zero-order chi connectivity index (χ0) is 15.5. The molecule has 1 aromatic carbocycles. The van der Waals surface area contributed by atoms with E-state index in [1.165, 1.54) is 17.0 Å². The Morgan fingerprint density at radius 2 is 2.15 bits per heavy atom. The van der Waals surface area contributed by atoms with Crippen LogP contribution in [-0.2, 0) is 10.0 Å². The first-order chi connectivity index (χ1) is 9.16. The average Bonchev–Trinajstić information content (AvgIpc) is 2.36. The van der Waals surface area contributed by atoms with E-state index < -0.39 is 14.9 Å². The van der Waals surface area contributed by atoms with Crippen molar-refractivity contribution in [1.82, 2.24) is 0 Å². The molecule has 9 heteroatoms. The van der Waals surface area contributed by atoms with Crippen molar-refractivity contribution in [3.8, 4) is 6.07 Å². The maximum absolute atomic E-state index is 11.2. The van der Waals surface area contributed by atoms with Gasteiger partial charge < -0.3 is 4.90 Å². The molecule has 0 aliphatic rings. The van der Waals surface area contributed by atoms with Crippen molar-refractivity contribution in [3.63, 3.8) is 0 Å². The molecule has 20 heavy (non-hydrogen) atoms. The van der Waals surface area contributed by atoms with Gasteiger partial charge >= 0.3 is 0 Å². The normalized spacial score (nSPS) is 12.5. The first-order valence-electron chi connectivity index (χ1n) is 5.58. The van der Waals surface area contributed by atoms with E-state index in [1.54, 1.807) is 14.0 Å². The van der Waals surface area contributed by atoms with Gasteiger partial charge in [-0.25, -0.2) is 13.6 Å². The monoisotopic (exact) mass is 298 g/mol. The van der Waals surface area contributed by atoms with E-state index in [-0.39, 0.29) is 28.7 Å². The number of anilines is 1. The molecule has 0 amide bonds. The summed E-state index contributed by atoms with van der Waals surface area (Å²) in [6.07, 6.45) is 0. The molecule has 0 radical (unpaired) electrons. The van der Waals surface area contributed by atoms with Crippen LogP contribution in [0, 0.1) is 27.4 Å². The third-order valence-corrected chi connectivity index (χ3v) is 3.56. The molecule has 0 saturated carbocycles. The van der Waals surface area contributed by atoms with Crippen molar-refractivity contribution < 1.29 is 13.3 Å². The minimum atomic E-state index is -4.00. The predicted octanol–water partition coefficient (Wildman–Crippen LogP) is 0.838. The van der Waals surface area contributed by atoms with Crippen molar-refractivity contribution >= 4 is 21.4 Å². The Kier molecular flexibility index (Phi) is 4.65. The van der Waals surface area contributed by atoms with Gasteiger partial charge in [0.05, 0.1) is 21.8 Å². The zero-order valence-electron chi connectivity index (χ0n) is 11.0. The lowest BCUT2D eigenvalue weighted by Crippen LogP contribution is -2.24. The summed E-state index contributed by atoms with van der Waals surface area (Å²) in [5.74, 6) is -0.322. The molecule has 0 bridgehead atoms. The lowest BCUT2D eigenvalue weighted by molar-refractivity contribution is -0.384. The Hall–Kier alpha value is -2.18. The second kappa shape index (κ2) is 5.85. The van der Waals surface area contributed by atoms with Crippen LogP contribution in [-0.4, -0.2) is 26.9 Å². The average molecular weight is 298 g/mol. The molecular formula is C11H14N4O4S. The summed E-state index contributed by atoms with van der Waals surface area (Å²) in [6, 6.07) is 5.44. The molecule has 0 aliphatic carbocycles. The number of nitrogens with zero attached hydrogens (tertiary/aromatic N) is 3. The Morgan fingerprint density at radius 1 is 1.55 bits per heavy atom. The van der Waals surface area contributed by atoms with E-state index in [0.29, 0.717) is 0 Å². The van der Waals surface area contributed by atoms with Gasteiger partial charge in [-0.1, -0.05) is 0 Å². The minimum absolute atomic E-state index is 0.226. The van der Waals surface area contributed by atoms with Gasteiger partial charge in [0.15, 0.2) is 0 Å². The predicted molar refractivity (Wildman–Crippen MR) is 72.5 cm³/mol. The van der Waals surface area contributed by atoms with Gasteiger partial charge in [-0.15, -0.1) is 0 Å². The smallest absolute Gasteiger partial charge is 0.293 e. The molecule has 0 spiro atoms. The van der Waals surface area contributed by atoms with Gasteiger partial charge in [0.2, 0.25) is 10.0 Å². The van der Waals surface area contributed by atoms with Crippen LogP contribution in [0.4, 0.5) is 11.4 Å². The Bertz CT molecular complexity index is 665. The first-order valence-corrected chi connectivity index (χ1v) is 7.13. The summed E-state index contributed by atoms with van der Waals surface area (Å²) in [4.78, 5) is 11.6. The van der Waals surface area contributed by atoms with Crippen LogP contribution >= 0.6 is 0 Å². The molecule has 0 saturated heterocycles. The van der Waals surface area contributed by atoms with Crippen LogP contribution in [0.5, 0.6) is 0 Å². The second-order valence-corrected chi connectivity index (χ2v) is 5.92. The summed E-state index contributed by atoms with van der Waals surface area (Å²) in [5, 5.41) is 24.7. The van der Waals surface area contributed by atoms with Crippen LogP contribution in [0.15, 0.2) is 23.1 Å². The summed E-state index contributed by atoms with van der Waals surface area (Å²) < 4.78 is 22.4. The number of nitro benzene ring substituents is 1. The molecule has 108 valence electrons. The van der Waals surface area contributed by atoms with E-state index in [0.717, 1.165) is 6.07 Å². The Labute approximate surface area is 116 Å². The van der Waals surface area contributed by atoms with Crippen molar-refractivity contribution in [2.24, 2.45) is 11.1 Å². The van der Waals surface area contributed by atoms with Crippen molar-refractivity contribution in [3.05, 3.63) is 28.3 Å². The number of hydrogen-bond donors (Lipinski definition) is 1. The van der Waals surface area contributed by atoms with E-state index in [1.807, 2.05) is 6.07 Å². The van der Waals surface area contributed by atoms with Gasteiger partial charge in [0.25, 0.3) is 5.69 Å². The number of nitro groups is 1. The third-order valence-electron chi connectivity index (χ3n) is 2.65. The van der Waals surface area contributed by atoms with Crippen LogP contribution in [0.2, 0.25) is 0 Å². The molecule has 1 atom stereocenters. The lowest BCUT2D eigenvalue weighted by atomic mass is 10.2. The minimum Gasteiger partial charge on any atom is -0.368 e. The third kappa shape index (κ3) is 3.66. The quantitative estimate of drug-likeness (QED) is 0.633. The molecule has 1 rings (SSSR count). The first kappa shape index (κ1) is 15.9. The molecule has 0 aliphatic heterocycles. The maximum Gasteiger partial charge on any atom is 0.293 e. The van der Waals surface area contributed by atoms with Gasteiger partial charge in [-0.2, -0.15) is 5.26 Å². The molecule has 8 nitrogen and oxygen atoms in total. The van der Waals surface area contributed by atoms with Crippen molar-refractivity contribution in [2.45, 2.75) is 11.8 Å². The lowest BCUT2D eigenvalue weighted by Gasteiger charge is -2.20. The van der Waals surface area contributed by atoms with Crippen LogP contribution in [0.25, 0.3) is 0 Å². The standard InChI is InChI=1S/C11H14N4O4S/c1-8(6-12)7-14(2)10-4-3-9(20(13,18)19)5-11(10)15(16)17/h3-5,8H,7H2,1-2H3,(H2,13,18,19)/t8-/m1/s1. The SMILES string of the molecule is C[C@H](C#N)CN(C)c1ccc(S(N)(=O)=O)cc1[N+](=O)[O-]. The largest absolute Gasteiger partial charge is 0.368 e. The maximum atomic E-state index is 11.2. The molecule has 1 aromatic rings. The molecule has 0 unspecified atom stereocenters. The highest BCUT2D eigenvalue weighted by atomic mass is 32.2. The van der Waals surface area contributed by atoms with Crippen molar-refractivity contribution in [1.29, 1.82) is 5.26 Å². The number of nitriles is 1. The van der Waals surface area contributed by atoms with Gasteiger partial charge in [0.1, 0.15) is 5.69 Å². The molecule has 0 heterocycles. The van der Waals surface area contributed by atoms with Crippen LogP contribution in [0.3, 0.4) is 0 Å². The van der Waals surface area contributed by atoms with Crippen LogP contribution in [0.1, 0.15) is 6.92 Å². The fourth-order valence-corrected chi connectivity index (χ4v) is 2.23. The number of primary sulfonamides is 1. The Morgan fingerprint density at radius 3 is 2.60 bits per heavy atom. The summed E-state index contributed by atoms with van der Waals surface area (Å²) in [6.45, 7) is 1.97. The number of benzene rings is 1. The second-order valence-electron chi connectivity index (χ2n) is 4.36. The number of rotatable bonds is 5. The van der Waals surface area contributed by atoms with E-state index in [2.05, 4.69) is 0 Å². The highest BCUT2D eigenvalue weighted by Gasteiger charge is 2.22. The van der Waals surface area contributed by atoms with E-state index >= 15 is 0 Å². The van der Waals surface area contributed by atoms with Crippen molar-refractivity contribution in [2.75, 3.05) is 18.5 Å². The van der Waals surface area contributed by atoms with E-state index in [9.17, 15) is 18.5 Å². The van der Waals surface area contributed by atoms with Gasteiger partial charge in [0, 0.05) is 19.7 Å². The van der Waals surface area contributed by atoms with E-state index in [4.69, 9.17) is 10.4 Å². The van der Waals surface area contributed by atoms with Crippen LogP contribution < -0.4 is 10.0 Å². The number of sulfonamides is 1. The highest BCUT2D eigenvalue weighted by Crippen LogP contribution is 2.30. The summed E-state index contributed by atoms with van der Waals surface area (Å²) in [7, 11) is -2.41. The van der Waals surface area contributed by atoms with Gasteiger partial charge in [-0.3, -0.25) is 10.1 Å². The highest BCUT2D eigenvalue weighted by molar-refractivity contribution is 7.89. The zero-order valence-corrected chi connectivity index (χ0v) is 11.8. The molecular weight excluding hydrogens is 284 g/mol. The number of nitrogens with two attached hydrogens (primary N) is 1. The molecule has 2 N–H and O–H groups in total. The fourth-order valence-electron chi connectivity index (χ4n) is 1.70. The molecule has 0 aromatic heterocycles. The summed E-state index contributed by atoms with van der Waals surface area (Å²) in [5.41, 5.74) is -0.145. The number of hydrogen-bond acceptors (Lipinski definition) is 6. The summed E-state index contributed by atoms with van der Waals surface area (Å²) >= 11 is 0. The van der Waals surface area contributed by atoms with Gasteiger partial charge in [-0.05, 0) is 19.1 Å². The molecule has 0 fully saturated rings.